The third kappa shape index (κ3) is 7.18. The summed E-state index contributed by atoms with van der Waals surface area (Å²) in [5.74, 6) is 0.889. The van der Waals surface area contributed by atoms with Crippen LogP contribution < -0.4 is 0 Å². The number of fused-ring (bicyclic) bond motifs is 3. The van der Waals surface area contributed by atoms with Crippen molar-refractivity contribution in [2.24, 2.45) is 0 Å². The zero-order valence-electron chi connectivity index (χ0n) is 37.1. The molecule has 0 amide bonds. The molecule has 0 aliphatic carbocycles. The highest BCUT2D eigenvalue weighted by Gasteiger charge is 2.26. The van der Waals surface area contributed by atoms with Gasteiger partial charge in [0.15, 0.2) is 0 Å². The molecule has 0 aliphatic heterocycles. The van der Waals surface area contributed by atoms with E-state index in [-0.39, 0.29) is 22.0 Å². The largest absolute Gasteiger partial charge is 0.507 e. The molecule has 4 heteroatoms. The fourth-order valence-corrected chi connectivity index (χ4v) is 9.22. The Morgan fingerprint density at radius 1 is 0.492 bits per heavy atom. The first-order chi connectivity index (χ1) is 29.0. The molecule has 304 valence electrons. The number of benzene rings is 7. The molecule has 0 spiro atoms. The van der Waals surface area contributed by atoms with Gasteiger partial charge in [-0.2, -0.15) is 0 Å². The van der Waals surface area contributed by atoms with Crippen LogP contribution in [0.4, 0.5) is 0 Å². The average Bonchev–Trinajstić information content (AvgIpc) is 3.61. The first kappa shape index (κ1) is 39.9. The second kappa shape index (κ2) is 14.6. The van der Waals surface area contributed by atoms with Crippen molar-refractivity contribution in [2.45, 2.75) is 85.5 Å². The van der Waals surface area contributed by atoms with E-state index >= 15 is 0 Å². The highest BCUT2D eigenvalue weighted by molar-refractivity contribution is 6.05. The number of aryl methyl sites for hydroxylation is 1. The van der Waals surface area contributed by atoms with Crippen LogP contribution in [0.5, 0.6) is 5.75 Å². The van der Waals surface area contributed by atoms with Gasteiger partial charge in [-0.15, -0.1) is 0 Å². The predicted molar refractivity (Wildman–Crippen MR) is 258 cm³/mol. The molecule has 9 aromatic rings. The smallest absolute Gasteiger partial charge is 0.149 e. The minimum absolute atomic E-state index is 0.0101. The van der Waals surface area contributed by atoms with Gasteiger partial charge in [-0.05, 0) is 133 Å². The number of hydrogen-bond acceptors (Lipinski definition) is 3. The van der Waals surface area contributed by atoms with E-state index in [0.29, 0.717) is 11.4 Å². The highest BCUT2D eigenvalue weighted by Crippen LogP contribution is 2.44. The molecule has 0 unspecified atom stereocenters. The van der Waals surface area contributed by atoms with Gasteiger partial charge in [-0.1, -0.05) is 147 Å². The second-order valence-corrected chi connectivity index (χ2v) is 19.8. The lowest BCUT2D eigenvalue weighted by Gasteiger charge is -2.25. The number of nitrogens with zero attached hydrogens (tertiary/aromatic N) is 3. The summed E-state index contributed by atoms with van der Waals surface area (Å²) in [6.07, 6.45) is 1.90. The van der Waals surface area contributed by atoms with E-state index in [1.807, 2.05) is 24.4 Å². The summed E-state index contributed by atoms with van der Waals surface area (Å²) in [4.78, 5) is 10.6. The maximum Gasteiger partial charge on any atom is 0.149 e. The van der Waals surface area contributed by atoms with Gasteiger partial charge in [0.05, 0.1) is 22.1 Å². The fraction of sp³-hybridized carbons (Fsp3) is 0.228. The summed E-state index contributed by atoms with van der Waals surface area (Å²) in [6.45, 7) is 22.4. The molecular weight excluding hydrogens is 743 g/mol. The minimum Gasteiger partial charge on any atom is -0.507 e. The first-order valence-electron chi connectivity index (χ1n) is 21.5. The normalized spacial score (nSPS) is 12.5. The third-order valence-corrected chi connectivity index (χ3v) is 12.3. The number of phenolic OH excluding ortho intramolecular Hbond substituents is 1. The van der Waals surface area contributed by atoms with E-state index in [2.05, 4.69) is 195 Å². The van der Waals surface area contributed by atoms with Crippen LogP contribution in [0.3, 0.4) is 0 Å². The topological polar surface area (TPSA) is 50.9 Å². The molecule has 7 aromatic carbocycles. The van der Waals surface area contributed by atoms with Crippen LogP contribution in [0.2, 0.25) is 0 Å². The van der Waals surface area contributed by atoms with Crippen molar-refractivity contribution < 1.29 is 5.11 Å². The van der Waals surface area contributed by atoms with Crippen LogP contribution in [0, 0.1) is 6.92 Å². The maximum atomic E-state index is 11.7. The van der Waals surface area contributed by atoms with E-state index in [1.54, 1.807) is 0 Å². The predicted octanol–water partition coefficient (Wildman–Crippen LogP) is 15.3. The first-order valence-corrected chi connectivity index (χ1v) is 21.5. The summed E-state index contributed by atoms with van der Waals surface area (Å²) in [5.41, 5.74) is 15.8. The molecule has 0 saturated carbocycles. The quantitative estimate of drug-likeness (QED) is 0.189. The standard InChI is InChI=1S/C57H55N3O/c1-35-30-46(52-45(22-15-29-58-52)51(35)57(8,9)10)37-18-13-19-38(31-37)47-32-39(44-21-14-17-36-16-11-12-20-43(36)44)33-49-53(47)59-54(48-34-41(56(5,6)7)25-28-50(48)61)60(49)42-26-23-40(24-27-42)55(2,3)4/h11-34,61H,1-10H3. The lowest BCUT2D eigenvalue weighted by molar-refractivity contribution is 0.475. The second-order valence-electron chi connectivity index (χ2n) is 19.8. The average molecular weight is 798 g/mol. The van der Waals surface area contributed by atoms with Gasteiger partial charge >= 0.3 is 0 Å². The molecular formula is C57H55N3O. The zero-order valence-corrected chi connectivity index (χ0v) is 37.1. The van der Waals surface area contributed by atoms with E-state index in [4.69, 9.17) is 9.97 Å². The molecule has 0 radical (unpaired) electrons. The number of aromatic hydroxyl groups is 1. The summed E-state index contributed by atoms with van der Waals surface area (Å²) in [6, 6.07) is 50.0. The van der Waals surface area contributed by atoms with Crippen LogP contribution in [-0.2, 0) is 16.2 Å². The molecule has 0 aliphatic rings. The SMILES string of the molecule is Cc1cc(-c2cccc(-c3cc(-c4cccc5ccccc45)cc4c3nc(-c3cc(C(C)(C)C)ccc3O)n4-c3ccc(C(C)(C)C)cc3)c2)c2ncccc2c1C(C)(C)C. The number of phenols is 1. The van der Waals surface area contributed by atoms with Crippen molar-refractivity contribution in [3.8, 4) is 56.2 Å². The molecule has 2 heterocycles. The number of imidazole rings is 1. The Hall–Kier alpha value is -6.52. The summed E-state index contributed by atoms with van der Waals surface area (Å²) < 4.78 is 2.25. The Morgan fingerprint density at radius 2 is 1.13 bits per heavy atom. The highest BCUT2D eigenvalue weighted by atomic mass is 16.3. The third-order valence-electron chi connectivity index (χ3n) is 12.3. The van der Waals surface area contributed by atoms with E-state index < -0.39 is 0 Å². The van der Waals surface area contributed by atoms with E-state index in [9.17, 15) is 5.11 Å². The van der Waals surface area contributed by atoms with Crippen molar-refractivity contribution in [3.63, 3.8) is 0 Å². The monoisotopic (exact) mass is 797 g/mol. The Kier molecular flexibility index (Phi) is 9.55. The van der Waals surface area contributed by atoms with Crippen LogP contribution >= 0.6 is 0 Å². The van der Waals surface area contributed by atoms with Crippen molar-refractivity contribution >= 4 is 32.7 Å². The minimum atomic E-state index is -0.136. The van der Waals surface area contributed by atoms with Crippen molar-refractivity contribution in [1.82, 2.24) is 14.5 Å². The summed E-state index contributed by atoms with van der Waals surface area (Å²) in [7, 11) is 0. The molecule has 0 bridgehead atoms. The van der Waals surface area contributed by atoms with E-state index in [1.165, 1.54) is 32.8 Å². The van der Waals surface area contributed by atoms with E-state index in [0.717, 1.165) is 61.2 Å². The lowest BCUT2D eigenvalue weighted by atomic mass is 9.80. The lowest BCUT2D eigenvalue weighted by Crippen LogP contribution is -2.14. The number of rotatable bonds is 5. The van der Waals surface area contributed by atoms with Gasteiger partial charge in [-0.25, -0.2) is 4.98 Å². The molecule has 61 heavy (non-hydrogen) atoms. The Bertz CT molecular complexity index is 3140. The molecule has 0 saturated heterocycles. The van der Waals surface area contributed by atoms with Crippen molar-refractivity contribution in [2.75, 3.05) is 0 Å². The molecule has 1 N–H and O–H groups in total. The van der Waals surface area contributed by atoms with Crippen molar-refractivity contribution in [1.29, 1.82) is 0 Å². The molecule has 9 rings (SSSR count). The van der Waals surface area contributed by atoms with Crippen LogP contribution in [0.1, 0.15) is 84.6 Å². The van der Waals surface area contributed by atoms with Gasteiger partial charge in [0.1, 0.15) is 11.6 Å². The Balaban J connectivity index is 1.37. The Morgan fingerprint density at radius 3 is 1.84 bits per heavy atom. The molecule has 0 fully saturated rings. The summed E-state index contributed by atoms with van der Waals surface area (Å²) >= 11 is 0. The number of pyridine rings is 1. The van der Waals surface area contributed by atoms with Crippen LogP contribution in [0.15, 0.2) is 146 Å². The Labute approximate surface area is 360 Å². The molecule has 2 aromatic heterocycles. The van der Waals surface area contributed by atoms with Crippen LogP contribution in [0.25, 0.3) is 83.2 Å². The maximum absolute atomic E-state index is 11.7. The zero-order chi connectivity index (χ0) is 43.0. The van der Waals surface area contributed by atoms with Crippen molar-refractivity contribution in [3.05, 3.63) is 168 Å². The van der Waals surface area contributed by atoms with Gasteiger partial charge in [0.2, 0.25) is 0 Å². The fourth-order valence-electron chi connectivity index (χ4n) is 9.22. The number of aromatic nitrogens is 3. The summed E-state index contributed by atoms with van der Waals surface area (Å²) in [5, 5.41) is 15.3. The molecule has 4 nitrogen and oxygen atoms in total. The molecule has 0 atom stereocenters. The van der Waals surface area contributed by atoms with Gasteiger partial charge < -0.3 is 5.11 Å². The van der Waals surface area contributed by atoms with Crippen LogP contribution in [-0.4, -0.2) is 19.6 Å². The van der Waals surface area contributed by atoms with Gasteiger partial charge in [0.25, 0.3) is 0 Å². The van der Waals surface area contributed by atoms with Gasteiger partial charge in [0, 0.05) is 28.4 Å². The number of hydrogen-bond donors (Lipinski definition) is 1. The van der Waals surface area contributed by atoms with Gasteiger partial charge in [-0.3, -0.25) is 9.55 Å².